The Hall–Kier alpha value is -2.16. The molecule has 0 spiro atoms. The van der Waals surface area contributed by atoms with E-state index >= 15 is 0 Å². The lowest BCUT2D eigenvalue weighted by molar-refractivity contribution is -0.385. The Morgan fingerprint density at radius 1 is 1.25 bits per heavy atom. The Morgan fingerprint density at radius 3 is 2.62 bits per heavy atom. The van der Waals surface area contributed by atoms with Crippen LogP contribution in [0, 0.1) is 17.0 Å². The van der Waals surface area contributed by atoms with E-state index in [-0.39, 0.29) is 23.7 Å². The standard InChI is InChI=1S/C15H15ClN2O5S/c1-11-6-7-12(18(19)20)10-15(11)24(21,22)17-8-9-23-14-5-3-2-4-13(14)16/h2-7,10,17H,8-9H2,1H3. The van der Waals surface area contributed by atoms with Crippen molar-refractivity contribution in [3.8, 4) is 5.75 Å². The highest BCUT2D eigenvalue weighted by atomic mass is 35.5. The van der Waals surface area contributed by atoms with Crippen LogP contribution in [0.5, 0.6) is 5.75 Å². The van der Waals surface area contributed by atoms with Gasteiger partial charge in [-0.05, 0) is 24.6 Å². The van der Waals surface area contributed by atoms with Crippen LogP contribution in [0.3, 0.4) is 0 Å². The molecule has 0 aromatic heterocycles. The van der Waals surface area contributed by atoms with Crippen LogP contribution in [0.15, 0.2) is 47.4 Å². The Morgan fingerprint density at radius 2 is 1.96 bits per heavy atom. The van der Waals surface area contributed by atoms with Crippen molar-refractivity contribution in [3.05, 3.63) is 63.2 Å². The van der Waals surface area contributed by atoms with Gasteiger partial charge in [0.05, 0.1) is 14.8 Å². The third-order valence-electron chi connectivity index (χ3n) is 3.16. The molecule has 0 radical (unpaired) electrons. The largest absolute Gasteiger partial charge is 0.491 e. The van der Waals surface area contributed by atoms with E-state index in [2.05, 4.69) is 4.72 Å². The Bertz CT molecular complexity index is 855. The molecule has 0 unspecified atom stereocenters. The van der Waals surface area contributed by atoms with Crippen molar-refractivity contribution in [2.75, 3.05) is 13.2 Å². The second-order valence-corrected chi connectivity index (χ2v) is 7.03. The van der Waals surface area contributed by atoms with Gasteiger partial charge in [0.1, 0.15) is 12.4 Å². The lowest BCUT2D eigenvalue weighted by Gasteiger charge is -2.11. The molecule has 0 aliphatic heterocycles. The van der Waals surface area contributed by atoms with E-state index in [4.69, 9.17) is 16.3 Å². The highest BCUT2D eigenvalue weighted by Crippen LogP contribution is 2.23. The van der Waals surface area contributed by atoms with Gasteiger partial charge in [-0.2, -0.15) is 0 Å². The molecule has 0 saturated carbocycles. The van der Waals surface area contributed by atoms with E-state index in [9.17, 15) is 18.5 Å². The minimum atomic E-state index is -3.88. The molecular formula is C15H15ClN2O5S. The second kappa shape index (κ2) is 7.61. The van der Waals surface area contributed by atoms with Crippen molar-refractivity contribution in [1.29, 1.82) is 0 Å². The highest BCUT2D eigenvalue weighted by molar-refractivity contribution is 7.89. The predicted molar refractivity (Wildman–Crippen MR) is 90.0 cm³/mol. The van der Waals surface area contributed by atoms with Crippen LogP contribution in [0.2, 0.25) is 5.02 Å². The summed E-state index contributed by atoms with van der Waals surface area (Å²) in [5.41, 5.74) is 0.133. The molecule has 0 aliphatic rings. The van der Waals surface area contributed by atoms with Crippen LogP contribution in [0.25, 0.3) is 0 Å². The third kappa shape index (κ3) is 4.44. The Balaban J connectivity index is 2.03. The molecule has 0 atom stereocenters. The summed E-state index contributed by atoms with van der Waals surface area (Å²) in [6.07, 6.45) is 0. The second-order valence-electron chi connectivity index (χ2n) is 4.88. The van der Waals surface area contributed by atoms with E-state index in [0.717, 1.165) is 6.07 Å². The first-order valence-corrected chi connectivity index (χ1v) is 8.79. The maximum Gasteiger partial charge on any atom is 0.270 e. The minimum Gasteiger partial charge on any atom is -0.491 e. The number of halogens is 1. The molecule has 2 rings (SSSR count). The zero-order valence-electron chi connectivity index (χ0n) is 12.7. The van der Waals surface area contributed by atoms with Gasteiger partial charge >= 0.3 is 0 Å². The molecule has 2 aromatic rings. The van der Waals surface area contributed by atoms with Gasteiger partial charge < -0.3 is 4.74 Å². The fourth-order valence-electron chi connectivity index (χ4n) is 1.97. The first-order valence-electron chi connectivity index (χ1n) is 6.93. The van der Waals surface area contributed by atoms with Crippen LogP contribution < -0.4 is 9.46 Å². The predicted octanol–water partition coefficient (Wildman–Crippen LogP) is 2.91. The molecule has 1 N–H and O–H groups in total. The van der Waals surface area contributed by atoms with Crippen molar-refractivity contribution in [2.45, 2.75) is 11.8 Å². The van der Waals surface area contributed by atoms with Crippen LogP contribution >= 0.6 is 11.6 Å². The molecular weight excluding hydrogens is 356 g/mol. The zero-order valence-corrected chi connectivity index (χ0v) is 14.3. The number of ether oxygens (including phenoxy) is 1. The number of rotatable bonds is 7. The number of nitro benzene ring substituents is 1. The average Bonchev–Trinajstić information content (AvgIpc) is 2.53. The highest BCUT2D eigenvalue weighted by Gasteiger charge is 2.20. The molecule has 9 heteroatoms. The van der Waals surface area contributed by atoms with Crippen LogP contribution in [-0.2, 0) is 10.0 Å². The van der Waals surface area contributed by atoms with Gasteiger partial charge in [0.25, 0.3) is 5.69 Å². The van der Waals surface area contributed by atoms with E-state index < -0.39 is 14.9 Å². The van der Waals surface area contributed by atoms with Crippen molar-refractivity contribution in [3.63, 3.8) is 0 Å². The molecule has 24 heavy (non-hydrogen) atoms. The first kappa shape index (κ1) is 18.2. The monoisotopic (exact) mass is 370 g/mol. The van der Waals surface area contributed by atoms with Crippen molar-refractivity contribution in [2.24, 2.45) is 0 Å². The third-order valence-corrected chi connectivity index (χ3v) is 5.08. The van der Waals surface area contributed by atoms with E-state index in [1.54, 1.807) is 31.2 Å². The molecule has 0 saturated heterocycles. The molecule has 128 valence electrons. The van der Waals surface area contributed by atoms with Crippen molar-refractivity contribution < 1.29 is 18.1 Å². The first-order chi connectivity index (χ1) is 11.3. The van der Waals surface area contributed by atoms with Crippen LogP contribution in [-0.4, -0.2) is 26.5 Å². The number of non-ortho nitro benzene ring substituents is 1. The van der Waals surface area contributed by atoms with E-state index in [1.165, 1.54) is 12.1 Å². The fraction of sp³-hybridized carbons (Fsp3) is 0.200. The van der Waals surface area contributed by atoms with E-state index in [1.807, 2.05) is 0 Å². The van der Waals surface area contributed by atoms with Crippen LogP contribution in [0.4, 0.5) is 5.69 Å². The van der Waals surface area contributed by atoms with Gasteiger partial charge in [-0.15, -0.1) is 0 Å². The number of nitro groups is 1. The quantitative estimate of drug-likeness (QED) is 0.459. The number of aryl methyl sites for hydroxylation is 1. The van der Waals surface area contributed by atoms with Gasteiger partial charge in [0, 0.05) is 18.7 Å². The van der Waals surface area contributed by atoms with Gasteiger partial charge in [0.15, 0.2) is 0 Å². The molecule has 0 aliphatic carbocycles. The van der Waals surface area contributed by atoms with Gasteiger partial charge in [-0.25, -0.2) is 13.1 Å². The lowest BCUT2D eigenvalue weighted by atomic mass is 10.2. The topological polar surface area (TPSA) is 98.5 Å². The molecule has 2 aromatic carbocycles. The average molecular weight is 371 g/mol. The van der Waals surface area contributed by atoms with Crippen LogP contribution in [0.1, 0.15) is 5.56 Å². The fourth-order valence-corrected chi connectivity index (χ4v) is 3.43. The Labute approximate surface area is 144 Å². The van der Waals surface area contributed by atoms with Gasteiger partial charge in [-0.3, -0.25) is 10.1 Å². The zero-order chi connectivity index (χ0) is 17.7. The Kier molecular flexibility index (Phi) is 5.76. The summed E-state index contributed by atoms with van der Waals surface area (Å²) in [4.78, 5) is 10.0. The van der Waals surface area contributed by atoms with Gasteiger partial charge in [-0.1, -0.05) is 29.8 Å². The van der Waals surface area contributed by atoms with E-state index in [0.29, 0.717) is 16.3 Å². The summed E-state index contributed by atoms with van der Waals surface area (Å²) in [6, 6.07) is 10.5. The molecule has 7 nitrogen and oxygen atoms in total. The van der Waals surface area contributed by atoms with Crippen molar-refractivity contribution >= 4 is 27.3 Å². The normalized spacial score (nSPS) is 11.2. The maximum atomic E-state index is 12.3. The number of nitrogens with zero attached hydrogens (tertiary/aromatic N) is 1. The molecule has 0 bridgehead atoms. The van der Waals surface area contributed by atoms with Crippen molar-refractivity contribution in [1.82, 2.24) is 4.72 Å². The number of hydrogen-bond donors (Lipinski definition) is 1. The summed E-state index contributed by atoms with van der Waals surface area (Å²) >= 11 is 5.93. The molecule has 0 heterocycles. The summed E-state index contributed by atoms with van der Waals surface area (Å²) in [5, 5.41) is 11.2. The number of nitrogens with one attached hydrogen (secondary N) is 1. The number of sulfonamides is 1. The smallest absolute Gasteiger partial charge is 0.270 e. The minimum absolute atomic E-state index is 0.00428. The SMILES string of the molecule is Cc1ccc([N+](=O)[O-])cc1S(=O)(=O)NCCOc1ccccc1Cl. The maximum absolute atomic E-state index is 12.3. The summed E-state index contributed by atoms with van der Waals surface area (Å²) in [6.45, 7) is 1.63. The summed E-state index contributed by atoms with van der Waals surface area (Å²) < 4.78 is 32.3. The number of para-hydroxylation sites is 1. The van der Waals surface area contributed by atoms with Gasteiger partial charge in [0.2, 0.25) is 10.0 Å². The molecule has 0 amide bonds. The molecule has 0 fully saturated rings. The summed E-state index contributed by atoms with van der Waals surface area (Å²) in [5.74, 6) is 0.449. The number of benzene rings is 2. The lowest BCUT2D eigenvalue weighted by Crippen LogP contribution is -2.28. The summed E-state index contributed by atoms with van der Waals surface area (Å²) in [7, 11) is -3.88. The number of hydrogen-bond acceptors (Lipinski definition) is 5.